The summed E-state index contributed by atoms with van der Waals surface area (Å²) in [5.74, 6) is 0.799. The number of nitrogens with zero attached hydrogens (tertiary/aromatic N) is 1. The van der Waals surface area contributed by atoms with Crippen LogP contribution in [0.3, 0.4) is 0 Å². The van der Waals surface area contributed by atoms with Crippen LogP contribution in [0.25, 0.3) is 10.9 Å². The minimum atomic E-state index is -0.259. The van der Waals surface area contributed by atoms with Crippen molar-refractivity contribution in [3.05, 3.63) is 71.9 Å². The molecule has 0 aliphatic rings. The van der Waals surface area contributed by atoms with Gasteiger partial charge >= 0.3 is 0 Å². The number of hydrogen-bond acceptors (Lipinski definition) is 3. The number of fused-ring (bicyclic) bond motifs is 1. The molecule has 0 aliphatic carbocycles. The van der Waals surface area contributed by atoms with Gasteiger partial charge in [-0.15, -0.1) is 0 Å². The van der Waals surface area contributed by atoms with Crippen molar-refractivity contribution in [2.24, 2.45) is 5.73 Å². The van der Waals surface area contributed by atoms with Crippen LogP contribution in [-0.4, -0.2) is 12.1 Å². The summed E-state index contributed by atoms with van der Waals surface area (Å²) >= 11 is 0. The third-order valence-electron chi connectivity index (χ3n) is 3.47. The number of methoxy groups -OCH3 is 1. The van der Waals surface area contributed by atoms with Crippen molar-refractivity contribution < 1.29 is 4.74 Å². The highest BCUT2D eigenvalue weighted by atomic mass is 16.5. The predicted octanol–water partition coefficient (Wildman–Crippen LogP) is 3.29. The minimum Gasteiger partial charge on any atom is -0.496 e. The summed E-state index contributed by atoms with van der Waals surface area (Å²) in [5, 5.41) is 1.09. The zero-order valence-electron chi connectivity index (χ0n) is 11.3. The van der Waals surface area contributed by atoms with Gasteiger partial charge in [0.25, 0.3) is 0 Å². The normalized spacial score (nSPS) is 12.3. The van der Waals surface area contributed by atoms with Crippen molar-refractivity contribution in [1.29, 1.82) is 0 Å². The first-order valence-electron chi connectivity index (χ1n) is 6.53. The molecule has 0 spiro atoms. The Bertz CT molecular complexity index is 734. The first-order chi connectivity index (χ1) is 9.81. The van der Waals surface area contributed by atoms with Gasteiger partial charge in [-0.05, 0) is 17.7 Å². The summed E-state index contributed by atoms with van der Waals surface area (Å²) in [4.78, 5) is 4.46. The van der Waals surface area contributed by atoms with Crippen LogP contribution in [-0.2, 0) is 0 Å². The van der Waals surface area contributed by atoms with Crippen molar-refractivity contribution in [2.45, 2.75) is 6.04 Å². The molecule has 2 aromatic carbocycles. The van der Waals surface area contributed by atoms with Gasteiger partial charge in [-0.3, -0.25) is 4.98 Å². The molecule has 0 aliphatic heterocycles. The molecular formula is C17H16N2O. The van der Waals surface area contributed by atoms with E-state index in [1.54, 1.807) is 13.3 Å². The van der Waals surface area contributed by atoms with Gasteiger partial charge in [0.05, 0.1) is 18.7 Å². The quantitative estimate of drug-likeness (QED) is 0.789. The third-order valence-corrected chi connectivity index (χ3v) is 3.47. The molecule has 0 fully saturated rings. The number of rotatable bonds is 3. The van der Waals surface area contributed by atoms with Gasteiger partial charge < -0.3 is 10.5 Å². The molecule has 0 saturated heterocycles. The van der Waals surface area contributed by atoms with E-state index in [9.17, 15) is 0 Å². The van der Waals surface area contributed by atoms with E-state index in [2.05, 4.69) is 4.98 Å². The van der Waals surface area contributed by atoms with Crippen LogP contribution in [0.5, 0.6) is 5.75 Å². The van der Waals surface area contributed by atoms with Crippen LogP contribution >= 0.6 is 0 Å². The predicted molar refractivity (Wildman–Crippen MR) is 80.8 cm³/mol. The molecule has 0 amide bonds. The Morgan fingerprint density at radius 1 is 0.950 bits per heavy atom. The highest BCUT2D eigenvalue weighted by molar-refractivity contribution is 5.82. The maximum absolute atomic E-state index is 6.44. The van der Waals surface area contributed by atoms with Crippen LogP contribution in [0.1, 0.15) is 17.2 Å². The Morgan fingerprint density at radius 3 is 2.55 bits per heavy atom. The molecule has 3 aromatic rings. The van der Waals surface area contributed by atoms with E-state index < -0.39 is 0 Å². The van der Waals surface area contributed by atoms with Crippen LogP contribution < -0.4 is 10.5 Å². The molecule has 20 heavy (non-hydrogen) atoms. The number of benzene rings is 2. The van der Waals surface area contributed by atoms with Crippen molar-refractivity contribution in [2.75, 3.05) is 7.11 Å². The summed E-state index contributed by atoms with van der Waals surface area (Å²) in [6.45, 7) is 0. The molecule has 1 aromatic heterocycles. The van der Waals surface area contributed by atoms with Gasteiger partial charge in [-0.2, -0.15) is 0 Å². The van der Waals surface area contributed by atoms with E-state index in [-0.39, 0.29) is 6.04 Å². The fourth-order valence-electron chi connectivity index (χ4n) is 2.47. The number of nitrogens with two attached hydrogens (primary N) is 1. The van der Waals surface area contributed by atoms with Crippen molar-refractivity contribution in [3.63, 3.8) is 0 Å². The second kappa shape index (κ2) is 5.31. The average Bonchev–Trinajstić information content (AvgIpc) is 2.53. The van der Waals surface area contributed by atoms with E-state index in [0.29, 0.717) is 0 Å². The fourth-order valence-corrected chi connectivity index (χ4v) is 2.47. The molecule has 1 heterocycles. The van der Waals surface area contributed by atoms with E-state index in [1.165, 1.54) is 0 Å². The lowest BCUT2D eigenvalue weighted by atomic mass is 9.96. The lowest BCUT2D eigenvalue weighted by Crippen LogP contribution is -2.13. The Kier molecular flexibility index (Phi) is 3.35. The fraction of sp³-hybridized carbons (Fsp3) is 0.118. The topological polar surface area (TPSA) is 48.1 Å². The molecule has 3 nitrogen and oxygen atoms in total. The Hall–Kier alpha value is -2.39. The molecule has 0 bridgehead atoms. The van der Waals surface area contributed by atoms with Gasteiger partial charge in [0.2, 0.25) is 0 Å². The molecule has 0 radical (unpaired) electrons. The molecular weight excluding hydrogens is 248 g/mol. The first kappa shape index (κ1) is 12.6. The SMILES string of the molecule is COc1ccccc1C(N)c1cccc2cccnc12. The molecule has 1 unspecified atom stereocenters. The lowest BCUT2D eigenvalue weighted by molar-refractivity contribution is 0.408. The highest BCUT2D eigenvalue weighted by Crippen LogP contribution is 2.31. The van der Waals surface area contributed by atoms with Gasteiger partial charge in [-0.25, -0.2) is 0 Å². The largest absolute Gasteiger partial charge is 0.496 e. The Morgan fingerprint density at radius 2 is 1.70 bits per heavy atom. The van der Waals surface area contributed by atoms with E-state index >= 15 is 0 Å². The highest BCUT2D eigenvalue weighted by Gasteiger charge is 2.16. The van der Waals surface area contributed by atoms with Crippen molar-refractivity contribution in [1.82, 2.24) is 4.98 Å². The third kappa shape index (κ3) is 2.12. The molecule has 1 atom stereocenters. The number of hydrogen-bond donors (Lipinski definition) is 1. The van der Waals surface area contributed by atoms with Gasteiger partial charge in [0, 0.05) is 17.1 Å². The zero-order chi connectivity index (χ0) is 13.9. The lowest BCUT2D eigenvalue weighted by Gasteiger charge is -2.17. The number of pyridine rings is 1. The second-order valence-corrected chi connectivity index (χ2v) is 4.64. The summed E-state index contributed by atoms with van der Waals surface area (Å²) in [7, 11) is 1.66. The van der Waals surface area contributed by atoms with Gasteiger partial charge in [0.1, 0.15) is 5.75 Å². The molecule has 3 heteroatoms. The van der Waals surface area contributed by atoms with E-state index in [4.69, 9.17) is 10.5 Å². The number of ether oxygens (including phenoxy) is 1. The molecule has 2 N–H and O–H groups in total. The maximum Gasteiger partial charge on any atom is 0.123 e. The van der Waals surface area contributed by atoms with Crippen LogP contribution in [0.2, 0.25) is 0 Å². The molecule has 100 valence electrons. The summed E-state index contributed by atoms with van der Waals surface area (Å²) in [6.07, 6.45) is 1.79. The smallest absolute Gasteiger partial charge is 0.123 e. The number of para-hydroxylation sites is 2. The van der Waals surface area contributed by atoms with Crippen molar-refractivity contribution in [3.8, 4) is 5.75 Å². The summed E-state index contributed by atoms with van der Waals surface area (Å²) in [5.41, 5.74) is 9.35. The number of aromatic nitrogens is 1. The minimum absolute atomic E-state index is 0.259. The van der Waals surface area contributed by atoms with E-state index in [0.717, 1.165) is 27.8 Å². The van der Waals surface area contributed by atoms with Crippen molar-refractivity contribution >= 4 is 10.9 Å². The van der Waals surface area contributed by atoms with Crippen LogP contribution in [0, 0.1) is 0 Å². The summed E-state index contributed by atoms with van der Waals surface area (Å²) < 4.78 is 5.40. The average molecular weight is 264 g/mol. The Balaban J connectivity index is 2.15. The monoisotopic (exact) mass is 264 g/mol. The zero-order valence-corrected chi connectivity index (χ0v) is 11.3. The first-order valence-corrected chi connectivity index (χ1v) is 6.53. The maximum atomic E-state index is 6.44. The van der Waals surface area contributed by atoms with Gasteiger partial charge in [-0.1, -0.05) is 42.5 Å². The van der Waals surface area contributed by atoms with Gasteiger partial charge in [0.15, 0.2) is 0 Å². The standard InChI is InChI=1S/C17H16N2O/c1-20-15-10-3-2-8-13(15)16(18)14-9-4-6-12-7-5-11-19-17(12)14/h2-11,16H,18H2,1H3. The summed E-state index contributed by atoms with van der Waals surface area (Å²) in [6, 6.07) is 17.6. The van der Waals surface area contributed by atoms with Crippen LogP contribution in [0.4, 0.5) is 0 Å². The molecule has 0 saturated carbocycles. The second-order valence-electron chi connectivity index (χ2n) is 4.64. The van der Waals surface area contributed by atoms with Crippen LogP contribution in [0.15, 0.2) is 60.8 Å². The van der Waals surface area contributed by atoms with E-state index in [1.807, 2.05) is 54.6 Å². The molecule has 3 rings (SSSR count). The Labute approximate surface area is 118 Å².